The predicted octanol–water partition coefficient (Wildman–Crippen LogP) is 3.77. The van der Waals surface area contributed by atoms with Gasteiger partial charge in [-0.1, -0.05) is 11.6 Å². The number of ketones is 1. The number of Topliss-reactive ketones (excluding diaryl/α,β-unsaturated/α-hetero) is 1. The van der Waals surface area contributed by atoms with Crippen molar-refractivity contribution in [3.8, 4) is 5.75 Å². The molecule has 1 fully saturated rings. The predicted molar refractivity (Wildman–Crippen MR) is 100 cm³/mol. The van der Waals surface area contributed by atoms with E-state index in [0.29, 0.717) is 24.2 Å². The van der Waals surface area contributed by atoms with Crippen molar-refractivity contribution in [3.63, 3.8) is 0 Å². The Hall–Kier alpha value is -1.96. The van der Waals surface area contributed by atoms with Crippen LogP contribution in [0.1, 0.15) is 23.2 Å². The molecule has 0 aliphatic carbocycles. The Bertz CT molecular complexity index is 939. The van der Waals surface area contributed by atoms with Crippen molar-refractivity contribution < 1.29 is 22.3 Å². The number of ether oxygens (including phenoxy) is 1. The van der Waals surface area contributed by atoms with E-state index in [9.17, 15) is 17.6 Å². The lowest BCUT2D eigenvalue weighted by molar-refractivity contribution is 0.0875. The lowest BCUT2D eigenvalue weighted by atomic mass is 9.89. The van der Waals surface area contributed by atoms with Crippen molar-refractivity contribution in [1.82, 2.24) is 4.31 Å². The Kier molecular flexibility index (Phi) is 5.83. The van der Waals surface area contributed by atoms with Gasteiger partial charge in [0.1, 0.15) is 16.5 Å². The highest BCUT2D eigenvalue weighted by Crippen LogP contribution is 2.30. The molecule has 144 valence electrons. The molecule has 0 unspecified atom stereocenters. The topological polar surface area (TPSA) is 63.7 Å². The first-order valence-electron chi connectivity index (χ1n) is 8.46. The third-order valence-electron chi connectivity index (χ3n) is 4.71. The minimum absolute atomic E-state index is 0.00508. The number of nitrogens with zero attached hydrogens (tertiary/aromatic N) is 1. The van der Waals surface area contributed by atoms with Crippen LogP contribution >= 0.6 is 11.6 Å². The van der Waals surface area contributed by atoms with Crippen LogP contribution in [0.2, 0.25) is 5.02 Å². The molecule has 0 bridgehead atoms. The molecule has 1 aliphatic rings. The molecule has 0 N–H and O–H groups in total. The zero-order valence-electron chi connectivity index (χ0n) is 14.7. The number of carbonyl (C=O) groups excluding carboxylic acids is 1. The molecule has 1 saturated heterocycles. The normalized spacial score (nSPS) is 16.3. The second kappa shape index (κ2) is 7.96. The number of methoxy groups -OCH3 is 1. The zero-order chi connectivity index (χ0) is 19.6. The Labute approximate surface area is 162 Å². The monoisotopic (exact) mass is 411 g/mol. The fourth-order valence-electron chi connectivity index (χ4n) is 3.17. The van der Waals surface area contributed by atoms with Crippen molar-refractivity contribution in [1.29, 1.82) is 0 Å². The molecule has 0 radical (unpaired) electrons. The van der Waals surface area contributed by atoms with Crippen LogP contribution in [0, 0.1) is 11.7 Å². The van der Waals surface area contributed by atoms with E-state index in [1.54, 1.807) is 31.4 Å². The maximum absolute atomic E-state index is 13.2. The van der Waals surface area contributed by atoms with E-state index in [2.05, 4.69) is 0 Å². The highest BCUT2D eigenvalue weighted by atomic mass is 35.5. The molecule has 1 aliphatic heterocycles. The number of carbonyl (C=O) groups is 1. The minimum Gasteiger partial charge on any atom is -0.497 e. The Balaban J connectivity index is 1.69. The van der Waals surface area contributed by atoms with Gasteiger partial charge in [0.25, 0.3) is 0 Å². The molecule has 8 heteroatoms. The van der Waals surface area contributed by atoms with Crippen molar-refractivity contribution in [2.24, 2.45) is 5.92 Å². The van der Waals surface area contributed by atoms with Gasteiger partial charge in [-0.05, 0) is 55.3 Å². The van der Waals surface area contributed by atoms with Crippen LogP contribution in [-0.4, -0.2) is 38.7 Å². The van der Waals surface area contributed by atoms with E-state index >= 15 is 0 Å². The molecular weight excluding hydrogens is 393 g/mol. The highest BCUT2D eigenvalue weighted by molar-refractivity contribution is 7.89. The Morgan fingerprint density at radius 1 is 1.15 bits per heavy atom. The van der Waals surface area contributed by atoms with Gasteiger partial charge in [0.15, 0.2) is 5.78 Å². The molecule has 2 aromatic rings. The summed E-state index contributed by atoms with van der Waals surface area (Å²) < 4.78 is 45.1. The van der Waals surface area contributed by atoms with Crippen LogP contribution in [0.3, 0.4) is 0 Å². The lowest BCUT2D eigenvalue weighted by Gasteiger charge is -2.30. The summed E-state index contributed by atoms with van der Waals surface area (Å²) in [5.74, 6) is -0.172. The number of rotatable bonds is 5. The third-order valence-corrected chi connectivity index (χ3v) is 7.09. The zero-order valence-corrected chi connectivity index (χ0v) is 16.3. The largest absolute Gasteiger partial charge is 0.497 e. The summed E-state index contributed by atoms with van der Waals surface area (Å²) in [5, 5.41) is -0.147. The SMILES string of the molecule is COc1ccc(C(=O)C2CCN(S(=O)(=O)c3ccc(F)cc3Cl)CC2)cc1. The van der Waals surface area contributed by atoms with E-state index < -0.39 is 15.8 Å². The summed E-state index contributed by atoms with van der Waals surface area (Å²) in [6.45, 7) is 0.422. The molecule has 27 heavy (non-hydrogen) atoms. The van der Waals surface area contributed by atoms with Gasteiger partial charge in [-0.2, -0.15) is 4.31 Å². The molecular formula is C19H19ClFNO4S. The van der Waals surface area contributed by atoms with Crippen molar-refractivity contribution in [2.45, 2.75) is 17.7 Å². The van der Waals surface area contributed by atoms with Crippen LogP contribution in [0.15, 0.2) is 47.4 Å². The summed E-state index contributed by atoms with van der Waals surface area (Å²) in [7, 11) is -2.27. The number of hydrogen-bond acceptors (Lipinski definition) is 4. The molecule has 3 rings (SSSR count). The summed E-state index contributed by atoms with van der Waals surface area (Å²) >= 11 is 5.91. The molecule has 0 amide bonds. The average molecular weight is 412 g/mol. The third kappa shape index (κ3) is 4.15. The minimum atomic E-state index is -3.83. The average Bonchev–Trinajstić information content (AvgIpc) is 2.67. The quantitative estimate of drug-likeness (QED) is 0.702. The summed E-state index contributed by atoms with van der Waals surface area (Å²) in [6.07, 6.45) is 0.839. The van der Waals surface area contributed by atoms with Gasteiger partial charge in [0.05, 0.1) is 12.1 Å². The number of benzene rings is 2. The standard InChI is InChI=1S/C19H19ClFNO4S/c1-26-16-5-2-13(3-6-16)19(23)14-8-10-22(11-9-14)27(24,25)18-7-4-15(21)12-17(18)20/h2-7,12,14H,8-11H2,1H3. The molecule has 2 aromatic carbocycles. The summed E-state index contributed by atoms with van der Waals surface area (Å²) in [5.41, 5.74) is 0.582. The van der Waals surface area contributed by atoms with Crippen molar-refractivity contribution in [2.75, 3.05) is 20.2 Å². The fourth-order valence-corrected chi connectivity index (χ4v) is 5.15. The van der Waals surface area contributed by atoms with Crippen LogP contribution in [0.25, 0.3) is 0 Å². The first-order valence-corrected chi connectivity index (χ1v) is 10.3. The van der Waals surface area contributed by atoms with E-state index in [0.717, 1.165) is 12.1 Å². The van der Waals surface area contributed by atoms with E-state index in [1.807, 2.05) is 0 Å². The van der Waals surface area contributed by atoms with Gasteiger partial charge < -0.3 is 4.74 Å². The van der Waals surface area contributed by atoms with E-state index in [1.165, 1.54) is 10.4 Å². The molecule has 0 saturated carbocycles. The van der Waals surface area contributed by atoms with Crippen LogP contribution in [-0.2, 0) is 10.0 Å². The Morgan fingerprint density at radius 3 is 2.33 bits per heavy atom. The van der Waals surface area contributed by atoms with Crippen molar-refractivity contribution >= 4 is 27.4 Å². The fraction of sp³-hybridized carbons (Fsp3) is 0.316. The van der Waals surface area contributed by atoms with Crippen LogP contribution < -0.4 is 4.74 Å². The second-order valence-corrected chi connectivity index (χ2v) is 8.66. The van der Waals surface area contributed by atoms with Crippen LogP contribution in [0.5, 0.6) is 5.75 Å². The number of halogens is 2. The lowest BCUT2D eigenvalue weighted by Crippen LogP contribution is -2.40. The second-order valence-electron chi connectivity index (χ2n) is 6.35. The molecule has 0 spiro atoms. The van der Waals surface area contributed by atoms with Gasteiger partial charge in [0.2, 0.25) is 10.0 Å². The first-order chi connectivity index (χ1) is 12.8. The van der Waals surface area contributed by atoms with Gasteiger partial charge in [-0.3, -0.25) is 4.79 Å². The van der Waals surface area contributed by atoms with Gasteiger partial charge in [-0.25, -0.2) is 12.8 Å². The number of hydrogen-bond donors (Lipinski definition) is 0. The van der Waals surface area contributed by atoms with Crippen LogP contribution in [0.4, 0.5) is 4.39 Å². The summed E-state index contributed by atoms with van der Waals surface area (Å²) in [4.78, 5) is 12.5. The maximum Gasteiger partial charge on any atom is 0.244 e. The van der Waals surface area contributed by atoms with E-state index in [4.69, 9.17) is 16.3 Å². The molecule has 0 aromatic heterocycles. The maximum atomic E-state index is 13.2. The van der Waals surface area contributed by atoms with E-state index in [-0.39, 0.29) is 34.7 Å². The Morgan fingerprint density at radius 2 is 1.78 bits per heavy atom. The smallest absolute Gasteiger partial charge is 0.244 e. The van der Waals surface area contributed by atoms with Crippen molar-refractivity contribution in [3.05, 3.63) is 58.9 Å². The molecule has 1 heterocycles. The summed E-state index contributed by atoms with van der Waals surface area (Å²) in [6, 6.07) is 10.1. The van der Waals surface area contributed by atoms with Gasteiger partial charge >= 0.3 is 0 Å². The number of sulfonamides is 1. The highest BCUT2D eigenvalue weighted by Gasteiger charge is 2.33. The number of piperidine rings is 1. The van der Waals surface area contributed by atoms with Gasteiger partial charge in [-0.15, -0.1) is 0 Å². The van der Waals surface area contributed by atoms with Gasteiger partial charge in [0, 0.05) is 24.6 Å². The first kappa shape index (κ1) is 19.8. The molecule has 5 nitrogen and oxygen atoms in total. The molecule has 0 atom stereocenters.